The summed E-state index contributed by atoms with van der Waals surface area (Å²) in [6, 6.07) is 8.61. The zero-order valence-corrected chi connectivity index (χ0v) is 14.5. The molecule has 0 spiro atoms. The number of nitrogens with one attached hydrogen (secondary N) is 2. The second kappa shape index (κ2) is 7.04. The highest BCUT2D eigenvalue weighted by atomic mass is 16.1. The van der Waals surface area contributed by atoms with Crippen molar-refractivity contribution in [3.63, 3.8) is 0 Å². The Bertz CT molecular complexity index is 544. The topological polar surface area (TPSA) is 41.1 Å². The Kier molecular flexibility index (Phi) is 5.05. The lowest BCUT2D eigenvalue weighted by molar-refractivity contribution is -0.122. The Hall–Kier alpha value is -1.35. The summed E-state index contributed by atoms with van der Waals surface area (Å²) in [5, 5.41) is 6.63. The normalized spacial score (nSPS) is 21.7. The van der Waals surface area contributed by atoms with E-state index in [0.29, 0.717) is 18.3 Å². The summed E-state index contributed by atoms with van der Waals surface area (Å²) in [5.41, 5.74) is 2.98. The predicted molar refractivity (Wildman–Crippen MR) is 94.5 cm³/mol. The van der Waals surface area contributed by atoms with Crippen LogP contribution in [-0.4, -0.2) is 25.5 Å². The second-order valence-electron chi connectivity index (χ2n) is 7.64. The molecule has 1 aromatic rings. The van der Waals surface area contributed by atoms with Crippen LogP contribution in [0.5, 0.6) is 0 Å². The zero-order chi connectivity index (χ0) is 16.3. The van der Waals surface area contributed by atoms with Crippen molar-refractivity contribution in [2.24, 2.45) is 11.8 Å². The Morgan fingerprint density at radius 1 is 1.30 bits per heavy atom. The Balaban J connectivity index is 1.50. The first kappa shape index (κ1) is 16.5. The SMILES string of the molecule is Cc1ccccc1C1(CNC(=O)CC(C)C2CCNCC2)CC1. The van der Waals surface area contributed by atoms with E-state index in [1.807, 2.05) is 0 Å². The number of carbonyl (C=O) groups is 1. The van der Waals surface area contributed by atoms with E-state index in [-0.39, 0.29) is 11.3 Å². The van der Waals surface area contributed by atoms with Crippen molar-refractivity contribution in [2.45, 2.75) is 51.4 Å². The summed E-state index contributed by atoms with van der Waals surface area (Å²) in [7, 11) is 0. The molecular weight excluding hydrogens is 284 g/mol. The van der Waals surface area contributed by atoms with Crippen LogP contribution in [0.1, 0.15) is 50.2 Å². The first-order chi connectivity index (χ1) is 11.1. The summed E-state index contributed by atoms with van der Waals surface area (Å²) < 4.78 is 0. The molecule has 1 atom stereocenters. The smallest absolute Gasteiger partial charge is 0.220 e. The molecule has 1 heterocycles. The van der Waals surface area contributed by atoms with E-state index in [1.165, 1.54) is 36.8 Å². The van der Waals surface area contributed by atoms with Gasteiger partial charge in [-0.05, 0) is 68.7 Å². The molecule has 0 radical (unpaired) electrons. The lowest BCUT2D eigenvalue weighted by Gasteiger charge is -2.28. The molecule has 0 aromatic heterocycles. The van der Waals surface area contributed by atoms with Gasteiger partial charge in [0.15, 0.2) is 0 Å². The van der Waals surface area contributed by atoms with Gasteiger partial charge in [-0.3, -0.25) is 4.79 Å². The van der Waals surface area contributed by atoms with E-state index in [0.717, 1.165) is 19.6 Å². The van der Waals surface area contributed by atoms with Gasteiger partial charge in [0.1, 0.15) is 0 Å². The molecule has 1 saturated carbocycles. The summed E-state index contributed by atoms with van der Waals surface area (Å²) in [5.74, 6) is 1.43. The molecular formula is C20H30N2O. The van der Waals surface area contributed by atoms with Crippen LogP contribution in [0.2, 0.25) is 0 Å². The Morgan fingerprint density at radius 2 is 2.00 bits per heavy atom. The lowest BCUT2D eigenvalue weighted by atomic mass is 9.84. The third-order valence-corrected chi connectivity index (χ3v) is 5.89. The fourth-order valence-corrected chi connectivity index (χ4v) is 4.07. The first-order valence-corrected chi connectivity index (χ1v) is 9.14. The summed E-state index contributed by atoms with van der Waals surface area (Å²) >= 11 is 0. The number of piperidine rings is 1. The molecule has 23 heavy (non-hydrogen) atoms. The van der Waals surface area contributed by atoms with Gasteiger partial charge in [-0.15, -0.1) is 0 Å². The van der Waals surface area contributed by atoms with E-state index in [9.17, 15) is 4.79 Å². The highest BCUT2D eigenvalue weighted by Gasteiger charge is 2.45. The molecule has 1 aliphatic carbocycles. The number of hydrogen-bond donors (Lipinski definition) is 2. The number of amides is 1. The molecule has 3 heteroatoms. The molecule has 1 aliphatic heterocycles. The maximum absolute atomic E-state index is 12.4. The van der Waals surface area contributed by atoms with Crippen molar-refractivity contribution in [2.75, 3.05) is 19.6 Å². The van der Waals surface area contributed by atoms with Crippen LogP contribution < -0.4 is 10.6 Å². The first-order valence-electron chi connectivity index (χ1n) is 9.14. The van der Waals surface area contributed by atoms with Crippen molar-refractivity contribution in [1.29, 1.82) is 0 Å². The highest BCUT2D eigenvalue weighted by Crippen LogP contribution is 2.48. The maximum atomic E-state index is 12.4. The standard InChI is InChI=1S/C20H30N2O/c1-15-5-3-4-6-18(15)20(9-10-20)14-22-19(23)13-16(2)17-7-11-21-12-8-17/h3-6,16-17,21H,7-14H2,1-2H3,(H,22,23). The van der Waals surface area contributed by atoms with Crippen LogP contribution in [0, 0.1) is 18.8 Å². The monoisotopic (exact) mass is 314 g/mol. The van der Waals surface area contributed by atoms with Gasteiger partial charge < -0.3 is 10.6 Å². The van der Waals surface area contributed by atoms with E-state index in [2.05, 4.69) is 48.7 Å². The van der Waals surface area contributed by atoms with Gasteiger partial charge in [0.05, 0.1) is 0 Å². The number of hydrogen-bond acceptors (Lipinski definition) is 2. The van der Waals surface area contributed by atoms with E-state index in [4.69, 9.17) is 0 Å². The minimum atomic E-state index is 0.207. The average molecular weight is 314 g/mol. The molecule has 3 nitrogen and oxygen atoms in total. The number of aryl methyl sites for hydroxylation is 1. The molecule has 1 saturated heterocycles. The largest absolute Gasteiger partial charge is 0.355 e. The fraction of sp³-hybridized carbons (Fsp3) is 0.650. The molecule has 1 aromatic carbocycles. The molecule has 1 amide bonds. The van der Waals surface area contributed by atoms with Crippen LogP contribution in [0.25, 0.3) is 0 Å². The van der Waals surface area contributed by atoms with Gasteiger partial charge in [0, 0.05) is 18.4 Å². The van der Waals surface area contributed by atoms with Crippen LogP contribution in [-0.2, 0) is 10.2 Å². The van der Waals surface area contributed by atoms with Crippen molar-refractivity contribution in [3.05, 3.63) is 35.4 Å². The summed E-state index contributed by atoms with van der Waals surface area (Å²) in [4.78, 5) is 12.4. The lowest BCUT2D eigenvalue weighted by Crippen LogP contribution is -2.36. The van der Waals surface area contributed by atoms with Crippen LogP contribution >= 0.6 is 0 Å². The van der Waals surface area contributed by atoms with Crippen LogP contribution in [0.3, 0.4) is 0 Å². The quantitative estimate of drug-likeness (QED) is 0.847. The number of carbonyl (C=O) groups excluding carboxylic acids is 1. The summed E-state index contributed by atoms with van der Waals surface area (Å²) in [6.07, 6.45) is 5.49. The molecule has 1 unspecified atom stereocenters. The maximum Gasteiger partial charge on any atom is 0.220 e. The zero-order valence-electron chi connectivity index (χ0n) is 14.5. The average Bonchev–Trinajstić information content (AvgIpc) is 3.35. The van der Waals surface area contributed by atoms with Crippen molar-refractivity contribution < 1.29 is 4.79 Å². The van der Waals surface area contributed by atoms with Gasteiger partial charge in [-0.25, -0.2) is 0 Å². The Morgan fingerprint density at radius 3 is 2.65 bits per heavy atom. The number of rotatable bonds is 6. The third-order valence-electron chi connectivity index (χ3n) is 5.89. The fourth-order valence-electron chi connectivity index (χ4n) is 4.07. The van der Waals surface area contributed by atoms with Crippen molar-refractivity contribution >= 4 is 5.91 Å². The predicted octanol–water partition coefficient (Wildman–Crippen LogP) is 3.17. The molecule has 0 bridgehead atoms. The third kappa shape index (κ3) is 3.95. The molecule has 126 valence electrons. The Labute approximate surface area is 140 Å². The minimum Gasteiger partial charge on any atom is -0.355 e. The minimum absolute atomic E-state index is 0.207. The number of benzene rings is 1. The second-order valence-corrected chi connectivity index (χ2v) is 7.64. The van der Waals surface area contributed by atoms with Crippen molar-refractivity contribution in [3.8, 4) is 0 Å². The van der Waals surface area contributed by atoms with Gasteiger partial charge in [-0.1, -0.05) is 31.2 Å². The van der Waals surface area contributed by atoms with E-state index < -0.39 is 0 Å². The molecule has 2 aliphatic rings. The van der Waals surface area contributed by atoms with Gasteiger partial charge in [0.2, 0.25) is 5.91 Å². The van der Waals surface area contributed by atoms with E-state index >= 15 is 0 Å². The van der Waals surface area contributed by atoms with Gasteiger partial charge in [0.25, 0.3) is 0 Å². The highest BCUT2D eigenvalue weighted by molar-refractivity contribution is 5.76. The molecule has 2 fully saturated rings. The van der Waals surface area contributed by atoms with Gasteiger partial charge in [-0.2, -0.15) is 0 Å². The van der Waals surface area contributed by atoms with Gasteiger partial charge >= 0.3 is 0 Å². The van der Waals surface area contributed by atoms with Crippen LogP contribution in [0.4, 0.5) is 0 Å². The van der Waals surface area contributed by atoms with E-state index in [1.54, 1.807) is 0 Å². The molecule has 3 rings (SSSR count). The summed E-state index contributed by atoms with van der Waals surface area (Å²) in [6.45, 7) is 7.43. The molecule has 2 N–H and O–H groups in total. The van der Waals surface area contributed by atoms with Crippen LogP contribution in [0.15, 0.2) is 24.3 Å². The van der Waals surface area contributed by atoms with Crippen molar-refractivity contribution in [1.82, 2.24) is 10.6 Å².